The van der Waals surface area contributed by atoms with Gasteiger partial charge in [0.15, 0.2) is 0 Å². The van der Waals surface area contributed by atoms with Crippen molar-refractivity contribution in [3.05, 3.63) is 35.9 Å². The minimum absolute atomic E-state index is 0.185. The van der Waals surface area contributed by atoms with Gasteiger partial charge in [0.2, 0.25) is 0 Å². The van der Waals surface area contributed by atoms with Crippen molar-refractivity contribution < 1.29 is 5.11 Å². The van der Waals surface area contributed by atoms with Crippen LogP contribution >= 0.6 is 0 Å². The molecule has 0 radical (unpaired) electrons. The lowest BCUT2D eigenvalue weighted by Gasteiger charge is -2.30. The number of benzene rings is 1. The maximum Gasteiger partial charge on any atom is 0.0780 e. The molecule has 0 aliphatic heterocycles. The van der Waals surface area contributed by atoms with Crippen molar-refractivity contribution in [1.82, 2.24) is 0 Å². The summed E-state index contributed by atoms with van der Waals surface area (Å²) < 4.78 is 0. The van der Waals surface area contributed by atoms with Crippen LogP contribution in [0.2, 0.25) is 0 Å². The highest BCUT2D eigenvalue weighted by Gasteiger charge is 2.28. The molecule has 0 saturated heterocycles. The van der Waals surface area contributed by atoms with Gasteiger partial charge in [0.1, 0.15) is 0 Å². The van der Waals surface area contributed by atoms with E-state index in [1.165, 1.54) is 0 Å². The Balaban J connectivity index is 2.81. The van der Waals surface area contributed by atoms with Crippen LogP contribution in [0, 0.1) is 5.41 Å². The third-order valence-electron chi connectivity index (χ3n) is 2.41. The van der Waals surface area contributed by atoms with Crippen LogP contribution in [0.15, 0.2) is 30.3 Å². The summed E-state index contributed by atoms with van der Waals surface area (Å²) in [5.74, 6) is 0. The Bertz CT molecular complexity index is 276. The second-order valence-electron chi connectivity index (χ2n) is 4.75. The lowest BCUT2D eigenvalue weighted by Crippen LogP contribution is -2.36. The Morgan fingerprint density at radius 2 is 1.64 bits per heavy atom. The van der Waals surface area contributed by atoms with Crippen molar-refractivity contribution in [3.8, 4) is 0 Å². The van der Waals surface area contributed by atoms with Crippen LogP contribution in [-0.2, 0) is 0 Å². The fourth-order valence-electron chi connectivity index (χ4n) is 1.40. The van der Waals surface area contributed by atoms with E-state index in [1.54, 1.807) is 0 Å². The first-order valence-corrected chi connectivity index (χ1v) is 4.91. The fourth-order valence-corrected chi connectivity index (χ4v) is 1.40. The van der Waals surface area contributed by atoms with E-state index in [0.717, 1.165) is 5.56 Å². The quantitative estimate of drug-likeness (QED) is 0.755. The van der Waals surface area contributed by atoms with Gasteiger partial charge in [0.05, 0.1) is 12.1 Å². The molecule has 0 unspecified atom stereocenters. The zero-order chi connectivity index (χ0) is 10.8. The van der Waals surface area contributed by atoms with Gasteiger partial charge in [0, 0.05) is 0 Å². The van der Waals surface area contributed by atoms with E-state index in [0.29, 0.717) is 0 Å². The van der Waals surface area contributed by atoms with Gasteiger partial charge in [-0.05, 0) is 11.0 Å². The van der Waals surface area contributed by atoms with Crippen molar-refractivity contribution >= 4 is 0 Å². The van der Waals surface area contributed by atoms with Crippen molar-refractivity contribution in [2.75, 3.05) is 0 Å². The molecule has 0 aliphatic carbocycles. The minimum atomic E-state index is -0.523. The standard InChI is InChI=1S/C12H19NO/c1-12(2,3)11(14)10(13)9-7-5-4-6-8-9/h4-8,10-11,14H,13H2,1-3H3/t10-,11-/m0/s1. The predicted molar refractivity (Wildman–Crippen MR) is 58.8 cm³/mol. The van der Waals surface area contributed by atoms with Gasteiger partial charge in [-0.15, -0.1) is 0 Å². The number of hydrogen-bond donors (Lipinski definition) is 2. The smallest absolute Gasteiger partial charge is 0.0780 e. The Morgan fingerprint density at radius 1 is 1.14 bits per heavy atom. The van der Waals surface area contributed by atoms with Crippen LogP contribution in [0.5, 0.6) is 0 Å². The van der Waals surface area contributed by atoms with Crippen molar-refractivity contribution in [1.29, 1.82) is 0 Å². The van der Waals surface area contributed by atoms with Gasteiger partial charge in [0.25, 0.3) is 0 Å². The largest absolute Gasteiger partial charge is 0.391 e. The molecule has 3 N–H and O–H groups in total. The van der Waals surface area contributed by atoms with Crippen molar-refractivity contribution in [2.24, 2.45) is 11.1 Å². The average Bonchev–Trinajstić information content (AvgIpc) is 2.15. The van der Waals surface area contributed by atoms with Gasteiger partial charge in [-0.1, -0.05) is 51.1 Å². The molecule has 14 heavy (non-hydrogen) atoms. The van der Waals surface area contributed by atoms with Gasteiger partial charge in [-0.25, -0.2) is 0 Å². The molecule has 2 nitrogen and oxygen atoms in total. The summed E-state index contributed by atoms with van der Waals surface area (Å²) in [6, 6.07) is 9.39. The van der Waals surface area contributed by atoms with E-state index in [9.17, 15) is 5.11 Å². The highest BCUT2D eigenvalue weighted by atomic mass is 16.3. The minimum Gasteiger partial charge on any atom is -0.391 e. The normalized spacial score (nSPS) is 16.4. The summed E-state index contributed by atoms with van der Waals surface area (Å²) >= 11 is 0. The Morgan fingerprint density at radius 3 is 2.07 bits per heavy atom. The molecular formula is C12H19NO. The van der Waals surface area contributed by atoms with E-state index in [4.69, 9.17) is 5.73 Å². The first-order valence-electron chi connectivity index (χ1n) is 4.91. The van der Waals surface area contributed by atoms with E-state index < -0.39 is 6.10 Å². The van der Waals surface area contributed by atoms with E-state index >= 15 is 0 Å². The second kappa shape index (κ2) is 4.11. The summed E-state index contributed by atoms with van der Waals surface area (Å²) in [7, 11) is 0. The van der Waals surface area contributed by atoms with Crippen LogP contribution in [0.3, 0.4) is 0 Å². The van der Waals surface area contributed by atoms with E-state index in [2.05, 4.69) is 0 Å². The average molecular weight is 193 g/mol. The van der Waals surface area contributed by atoms with Gasteiger partial charge in [-0.3, -0.25) is 0 Å². The van der Waals surface area contributed by atoms with Gasteiger partial charge < -0.3 is 10.8 Å². The molecular weight excluding hydrogens is 174 g/mol. The van der Waals surface area contributed by atoms with Crippen LogP contribution in [0.1, 0.15) is 32.4 Å². The molecule has 1 rings (SSSR count). The van der Waals surface area contributed by atoms with Crippen molar-refractivity contribution in [2.45, 2.75) is 32.9 Å². The van der Waals surface area contributed by atoms with Crippen LogP contribution < -0.4 is 5.73 Å². The molecule has 0 bridgehead atoms. The maximum absolute atomic E-state index is 9.98. The number of hydrogen-bond acceptors (Lipinski definition) is 2. The van der Waals surface area contributed by atoms with Crippen LogP contribution in [0.25, 0.3) is 0 Å². The zero-order valence-corrected chi connectivity index (χ0v) is 9.07. The molecule has 0 spiro atoms. The molecule has 0 amide bonds. The molecule has 0 aromatic heterocycles. The summed E-state index contributed by atoms with van der Waals surface area (Å²) in [6.07, 6.45) is -0.523. The molecule has 1 aromatic carbocycles. The van der Waals surface area contributed by atoms with Gasteiger partial charge in [-0.2, -0.15) is 0 Å². The van der Waals surface area contributed by atoms with Crippen LogP contribution in [0.4, 0.5) is 0 Å². The summed E-state index contributed by atoms with van der Waals surface area (Å²) in [5, 5.41) is 9.98. The molecule has 0 aliphatic rings. The molecule has 0 saturated carbocycles. The molecule has 2 heteroatoms. The molecule has 0 heterocycles. The highest BCUT2D eigenvalue weighted by molar-refractivity contribution is 5.20. The number of nitrogens with two attached hydrogens (primary N) is 1. The molecule has 2 atom stereocenters. The lowest BCUT2D eigenvalue weighted by molar-refractivity contribution is 0.0401. The van der Waals surface area contributed by atoms with Gasteiger partial charge >= 0.3 is 0 Å². The summed E-state index contributed by atoms with van der Waals surface area (Å²) in [5.41, 5.74) is 6.77. The number of aliphatic hydroxyl groups is 1. The molecule has 1 aromatic rings. The van der Waals surface area contributed by atoms with Crippen molar-refractivity contribution in [3.63, 3.8) is 0 Å². The fraction of sp³-hybridized carbons (Fsp3) is 0.500. The summed E-state index contributed by atoms with van der Waals surface area (Å²) in [4.78, 5) is 0. The SMILES string of the molecule is CC(C)(C)[C@@H](O)[C@@H](N)c1ccccc1. The molecule has 0 fully saturated rings. The highest BCUT2D eigenvalue weighted by Crippen LogP contribution is 2.28. The number of aliphatic hydroxyl groups excluding tert-OH is 1. The third-order valence-corrected chi connectivity index (χ3v) is 2.41. The lowest BCUT2D eigenvalue weighted by atomic mass is 9.82. The predicted octanol–water partition coefficient (Wildman–Crippen LogP) is 2.09. The first-order chi connectivity index (χ1) is 6.43. The Hall–Kier alpha value is -0.860. The monoisotopic (exact) mass is 193 g/mol. The topological polar surface area (TPSA) is 46.2 Å². The Kier molecular flexibility index (Phi) is 3.29. The Labute approximate surface area is 85.8 Å². The summed E-state index contributed by atoms with van der Waals surface area (Å²) in [6.45, 7) is 5.96. The second-order valence-corrected chi connectivity index (χ2v) is 4.75. The zero-order valence-electron chi connectivity index (χ0n) is 9.07. The van der Waals surface area contributed by atoms with E-state index in [1.807, 2.05) is 51.1 Å². The number of rotatable bonds is 2. The molecule has 78 valence electrons. The third kappa shape index (κ3) is 2.56. The van der Waals surface area contributed by atoms with E-state index in [-0.39, 0.29) is 11.5 Å². The first kappa shape index (κ1) is 11.2. The maximum atomic E-state index is 9.98. The van der Waals surface area contributed by atoms with Crippen LogP contribution in [-0.4, -0.2) is 11.2 Å².